The van der Waals surface area contributed by atoms with Crippen molar-refractivity contribution in [1.29, 1.82) is 0 Å². The lowest BCUT2D eigenvalue weighted by molar-refractivity contribution is -0.115. The second kappa shape index (κ2) is 8.59. The molecule has 1 aliphatic carbocycles. The van der Waals surface area contributed by atoms with Crippen molar-refractivity contribution in [2.45, 2.75) is 56.0 Å². The van der Waals surface area contributed by atoms with Crippen LogP contribution in [0.2, 0.25) is 5.02 Å². The Labute approximate surface area is 178 Å². The standard InChI is InChI=1S/C20H22ClN5O2S/c1-12-11-17(25-28-12)22-19(27)13(2)29-20-24-23-18(15-9-5-6-10-16(15)21)26(20)14-7-3-4-8-14/h5-6,9-11,13-14H,3-4,7-8H2,1-2H3,(H,22,25,27)/t13-/m0/s1. The minimum absolute atomic E-state index is 0.163. The van der Waals surface area contributed by atoms with Crippen LogP contribution in [-0.4, -0.2) is 31.1 Å². The van der Waals surface area contributed by atoms with Gasteiger partial charge in [-0.15, -0.1) is 10.2 Å². The zero-order valence-electron chi connectivity index (χ0n) is 16.3. The number of thioether (sulfide) groups is 1. The molecule has 29 heavy (non-hydrogen) atoms. The Morgan fingerprint density at radius 2 is 2.07 bits per heavy atom. The number of nitrogens with one attached hydrogen (secondary N) is 1. The molecule has 1 amide bonds. The number of rotatable bonds is 6. The minimum Gasteiger partial charge on any atom is -0.360 e. The number of halogens is 1. The van der Waals surface area contributed by atoms with Crippen molar-refractivity contribution in [2.24, 2.45) is 0 Å². The van der Waals surface area contributed by atoms with E-state index in [0.29, 0.717) is 22.6 Å². The van der Waals surface area contributed by atoms with Gasteiger partial charge in [0.25, 0.3) is 0 Å². The smallest absolute Gasteiger partial charge is 0.238 e. The van der Waals surface area contributed by atoms with Crippen molar-refractivity contribution in [2.75, 3.05) is 5.32 Å². The van der Waals surface area contributed by atoms with Gasteiger partial charge in [-0.1, -0.05) is 53.5 Å². The van der Waals surface area contributed by atoms with Gasteiger partial charge in [0, 0.05) is 17.7 Å². The molecule has 0 bridgehead atoms. The third-order valence-electron chi connectivity index (χ3n) is 5.00. The van der Waals surface area contributed by atoms with Gasteiger partial charge >= 0.3 is 0 Å². The van der Waals surface area contributed by atoms with Crippen LogP contribution in [0.5, 0.6) is 0 Å². The molecule has 1 aliphatic rings. The predicted molar refractivity (Wildman–Crippen MR) is 113 cm³/mol. The molecule has 0 saturated heterocycles. The molecule has 152 valence electrons. The average Bonchev–Trinajstić information content (AvgIpc) is 3.43. The van der Waals surface area contributed by atoms with Crippen LogP contribution in [0.1, 0.15) is 44.4 Å². The third kappa shape index (κ3) is 4.33. The Morgan fingerprint density at radius 1 is 1.31 bits per heavy atom. The first-order valence-corrected chi connectivity index (χ1v) is 10.9. The second-order valence-electron chi connectivity index (χ2n) is 7.17. The molecule has 0 spiro atoms. The van der Waals surface area contributed by atoms with Gasteiger partial charge in [-0.2, -0.15) is 0 Å². The van der Waals surface area contributed by atoms with E-state index in [-0.39, 0.29) is 11.2 Å². The van der Waals surface area contributed by atoms with E-state index in [2.05, 4.69) is 25.2 Å². The van der Waals surface area contributed by atoms with E-state index < -0.39 is 0 Å². The van der Waals surface area contributed by atoms with Crippen molar-refractivity contribution in [3.63, 3.8) is 0 Å². The number of hydrogen-bond acceptors (Lipinski definition) is 6. The first-order chi connectivity index (χ1) is 14.0. The van der Waals surface area contributed by atoms with E-state index in [0.717, 1.165) is 29.4 Å². The normalized spacial score (nSPS) is 15.6. The first-order valence-electron chi connectivity index (χ1n) is 9.63. The van der Waals surface area contributed by atoms with E-state index in [1.807, 2.05) is 31.2 Å². The molecule has 0 aliphatic heterocycles. The summed E-state index contributed by atoms with van der Waals surface area (Å²) < 4.78 is 7.16. The highest BCUT2D eigenvalue weighted by Gasteiger charge is 2.28. The summed E-state index contributed by atoms with van der Waals surface area (Å²) in [7, 11) is 0. The third-order valence-corrected chi connectivity index (χ3v) is 6.39. The van der Waals surface area contributed by atoms with Crippen LogP contribution < -0.4 is 5.32 Å². The monoisotopic (exact) mass is 431 g/mol. The number of carbonyl (C=O) groups is 1. The van der Waals surface area contributed by atoms with E-state index in [4.69, 9.17) is 16.1 Å². The van der Waals surface area contributed by atoms with Crippen LogP contribution in [0.3, 0.4) is 0 Å². The molecule has 3 aromatic rings. The minimum atomic E-state index is -0.379. The lowest BCUT2D eigenvalue weighted by Crippen LogP contribution is -2.23. The van der Waals surface area contributed by atoms with Crippen LogP contribution >= 0.6 is 23.4 Å². The quantitative estimate of drug-likeness (QED) is 0.544. The molecule has 1 fully saturated rings. The highest BCUT2D eigenvalue weighted by atomic mass is 35.5. The molecule has 9 heteroatoms. The number of hydrogen-bond donors (Lipinski definition) is 1. The number of benzene rings is 1. The molecular weight excluding hydrogens is 410 g/mol. The lowest BCUT2D eigenvalue weighted by atomic mass is 10.2. The molecule has 1 aromatic carbocycles. The molecule has 7 nitrogen and oxygen atoms in total. The van der Waals surface area contributed by atoms with E-state index >= 15 is 0 Å². The fraction of sp³-hybridized carbons (Fsp3) is 0.400. The zero-order valence-corrected chi connectivity index (χ0v) is 17.8. The lowest BCUT2D eigenvalue weighted by Gasteiger charge is -2.18. The Kier molecular flexibility index (Phi) is 5.91. The Bertz CT molecular complexity index is 1010. The van der Waals surface area contributed by atoms with Gasteiger partial charge in [-0.05, 0) is 38.8 Å². The maximum absolute atomic E-state index is 12.6. The fourth-order valence-electron chi connectivity index (χ4n) is 3.54. The summed E-state index contributed by atoms with van der Waals surface area (Å²) in [5, 5.41) is 16.4. The van der Waals surface area contributed by atoms with Crippen molar-refractivity contribution in [3.05, 3.63) is 41.1 Å². The van der Waals surface area contributed by atoms with Crippen LogP contribution in [0.4, 0.5) is 5.82 Å². The molecule has 1 N–H and O–H groups in total. The maximum atomic E-state index is 12.6. The highest BCUT2D eigenvalue weighted by molar-refractivity contribution is 8.00. The van der Waals surface area contributed by atoms with Gasteiger partial charge in [0.05, 0.1) is 10.3 Å². The average molecular weight is 432 g/mol. The number of aromatic nitrogens is 4. The molecule has 0 unspecified atom stereocenters. The highest BCUT2D eigenvalue weighted by Crippen LogP contribution is 2.39. The molecule has 1 atom stereocenters. The molecule has 2 aromatic heterocycles. The van der Waals surface area contributed by atoms with E-state index in [1.165, 1.54) is 24.6 Å². The Balaban J connectivity index is 1.60. The largest absolute Gasteiger partial charge is 0.360 e. The Morgan fingerprint density at radius 3 is 2.76 bits per heavy atom. The first kappa shape index (κ1) is 20.0. The van der Waals surface area contributed by atoms with Gasteiger partial charge in [-0.3, -0.25) is 9.36 Å². The second-order valence-corrected chi connectivity index (χ2v) is 8.88. The van der Waals surface area contributed by atoms with Crippen LogP contribution in [-0.2, 0) is 4.79 Å². The summed E-state index contributed by atoms with van der Waals surface area (Å²) in [6.45, 7) is 3.62. The summed E-state index contributed by atoms with van der Waals surface area (Å²) in [4.78, 5) is 12.6. The Hall–Kier alpha value is -2.32. The molecule has 2 heterocycles. The molecular formula is C20H22ClN5O2S. The summed E-state index contributed by atoms with van der Waals surface area (Å²) in [5.74, 6) is 1.65. The van der Waals surface area contributed by atoms with Gasteiger partial charge in [-0.25, -0.2) is 0 Å². The zero-order chi connectivity index (χ0) is 20.4. The van der Waals surface area contributed by atoms with E-state index in [1.54, 1.807) is 13.0 Å². The summed E-state index contributed by atoms with van der Waals surface area (Å²) in [5.41, 5.74) is 0.857. The predicted octanol–water partition coefficient (Wildman–Crippen LogP) is 5.13. The van der Waals surface area contributed by atoms with E-state index in [9.17, 15) is 4.79 Å². The van der Waals surface area contributed by atoms with Crippen LogP contribution in [0.15, 0.2) is 40.0 Å². The number of carbonyl (C=O) groups excluding carboxylic acids is 1. The SMILES string of the molecule is Cc1cc(NC(=O)[C@H](C)Sc2nnc(-c3ccccc3Cl)n2C2CCCC2)no1. The van der Waals surface area contributed by atoms with Crippen molar-refractivity contribution < 1.29 is 9.32 Å². The fourth-order valence-corrected chi connectivity index (χ4v) is 4.68. The van der Waals surface area contributed by atoms with Crippen LogP contribution in [0, 0.1) is 6.92 Å². The summed E-state index contributed by atoms with van der Waals surface area (Å²) in [6.07, 6.45) is 4.50. The van der Waals surface area contributed by atoms with Gasteiger partial charge in [0.2, 0.25) is 5.91 Å². The number of aryl methyl sites for hydroxylation is 1. The maximum Gasteiger partial charge on any atom is 0.238 e. The van der Waals surface area contributed by atoms with Crippen molar-refractivity contribution in [1.82, 2.24) is 19.9 Å². The summed E-state index contributed by atoms with van der Waals surface area (Å²) in [6, 6.07) is 9.65. The number of anilines is 1. The van der Waals surface area contributed by atoms with Crippen molar-refractivity contribution in [3.8, 4) is 11.4 Å². The van der Waals surface area contributed by atoms with Crippen LogP contribution in [0.25, 0.3) is 11.4 Å². The molecule has 1 saturated carbocycles. The van der Waals surface area contributed by atoms with Crippen molar-refractivity contribution >= 4 is 35.1 Å². The van der Waals surface area contributed by atoms with Gasteiger partial charge in [0.15, 0.2) is 16.8 Å². The van der Waals surface area contributed by atoms with Gasteiger partial charge in [0.1, 0.15) is 5.76 Å². The summed E-state index contributed by atoms with van der Waals surface area (Å²) >= 11 is 7.82. The molecule has 4 rings (SSSR count). The van der Waals surface area contributed by atoms with Gasteiger partial charge < -0.3 is 9.84 Å². The number of amides is 1. The number of nitrogens with zero attached hydrogens (tertiary/aromatic N) is 4. The topological polar surface area (TPSA) is 85.8 Å². The molecule has 0 radical (unpaired) electrons.